The van der Waals surface area contributed by atoms with Crippen LogP contribution in [0.25, 0.3) is 0 Å². The second-order valence-electron chi connectivity index (χ2n) is 5.96. The van der Waals surface area contributed by atoms with Crippen LogP contribution in [0.15, 0.2) is 29.3 Å². The van der Waals surface area contributed by atoms with E-state index in [-0.39, 0.29) is 18.1 Å². The average Bonchev–Trinajstić information content (AvgIpc) is 2.65. The first kappa shape index (κ1) is 20.4. The van der Waals surface area contributed by atoms with E-state index in [2.05, 4.69) is 19.9 Å². The third-order valence-electron chi connectivity index (χ3n) is 4.18. The predicted octanol–water partition coefficient (Wildman–Crippen LogP) is 0.853. The number of para-hydroxylation sites is 1. The number of rotatable bonds is 7. The van der Waals surface area contributed by atoms with Crippen molar-refractivity contribution in [1.82, 2.24) is 14.9 Å². The predicted molar refractivity (Wildman–Crippen MR) is 104 cm³/mol. The molecule has 2 N–H and O–H groups in total. The Bertz CT molecular complexity index is 703. The molecule has 0 unspecified atom stereocenters. The molecule has 0 bridgehead atoms. The number of sulfonamides is 1. The SMILES string of the molecule is CCNC(=NCCNS(=O)(=O)CC)N1CCN(c2ccccc2F)CC1. The third kappa shape index (κ3) is 5.84. The molecule has 0 spiro atoms. The van der Waals surface area contributed by atoms with Crippen molar-refractivity contribution in [2.45, 2.75) is 13.8 Å². The Morgan fingerprint density at radius 3 is 2.50 bits per heavy atom. The van der Waals surface area contributed by atoms with Gasteiger partial charge in [-0.1, -0.05) is 12.1 Å². The van der Waals surface area contributed by atoms with Gasteiger partial charge in [-0.3, -0.25) is 4.99 Å². The zero-order chi connectivity index (χ0) is 19.0. The maximum atomic E-state index is 13.9. The minimum absolute atomic E-state index is 0.0643. The molecule has 0 saturated carbocycles. The largest absolute Gasteiger partial charge is 0.366 e. The van der Waals surface area contributed by atoms with E-state index >= 15 is 0 Å². The van der Waals surface area contributed by atoms with Crippen LogP contribution in [0.5, 0.6) is 0 Å². The summed E-state index contributed by atoms with van der Waals surface area (Å²) in [6.45, 7) is 7.82. The van der Waals surface area contributed by atoms with Gasteiger partial charge < -0.3 is 15.1 Å². The van der Waals surface area contributed by atoms with E-state index in [9.17, 15) is 12.8 Å². The van der Waals surface area contributed by atoms with Crippen LogP contribution in [0.2, 0.25) is 0 Å². The van der Waals surface area contributed by atoms with Gasteiger partial charge in [-0.2, -0.15) is 0 Å². The third-order valence-corrected chi connectivity index (χ3v) is 5.59. The lowest BCUT2D eigenvalue weighted by Crippen LogP contribution is -2.52. The van der Waals surface area contributed by atoms with Crippen molar-refractivity contribution in [3.63, 3.8) is 0 Å². The number of piperazine rings is 1. The first-order valence-corrected chi connectivity index (χ1v) is 10.6. The molecule has 7 nitrogen and oxygen atoms in total. The number of nitrogens with one attached hydrogen (secondary N) is 2. The Hall–Kier alpha value is -1.87. The normalized spacial score (nSPS) is 16.0. The van der Waals surface area contributed by atoms with Gasteiger partial charge in [-0.15, -0.1) is 0 Å². The van der Waals surface area contributed by atoms with Crippen LogP contribution in [-0.2, 0) is 10.0 Å². The molecule has 0 radical (unpaired) electrons. The number of benzene rings is 1. The van der Waals surface area contributed by atoms with E-state index in [1.165, 1.54) is 6.07 Å². The van der Waals surface area contributed by atoms with Gasteiger partial charge in [-0.05, 0) is 26.0 Å². The van der Waals surface area contributed by atoms with Crippen molar-refractivity contribution in [1.29, 1.82) is 0 Å². The molecule has 0 aliphatic carbocycles. The van der Waals surface area contributed by atoms with E-state index in [0.29, 0.717) is 25.3 Å². The lowest BCUT2D eigenvalue weighted by Gasteiger charge is -2.37. The summed E-state index contributed by atoms with van der Waals surface area (Å²) in [6, 6.07) is 6.81. The molecule has 9 heteroatoms. The molecule has 1 saturated heterocycles. The molecule has 1 aliphatic rings. The number of hydrogen-bond donors (Lipinski definition) is 2. The minimum atomic E-state index is -3.19. The number of anilines is 1. The van der Waals surface area contributed by atoms with Gasteiger partial charge in [0.1, 0.15) is 5.82 Å². The fraction of sp³-hybridized carbons (Fsp3) is 0.588. The number of aliphatic imine (C=N–C) groups is 1. The minimum Gasteiger partial charge on any atom is -0.366 e. The molecule has 146 valence electrons. The van der Waals surface area contributed by atoms with Crippen molar-refractivity contribution in [3.05, 3.63) is 30.1 Å². The van der Waals surface area contributed by atoms with E-state index in [1.807, 2.05) is 17.9 Å². The van der Waals surface area contributed by atoms with Gasteiger partial charge >= 0.3 is 0 Å². The van der Waals surface area contributed by atoms with Gasteiger partial charge in [0.2, 0.25) is 10.0 Å². The Morgan fingerprint density at radius 2 is 1.88 bits per heavy atom. The van der Waals surface area contributed by atoms with Crippen molar-refractivity contribution >= 4 is 21.7 Å². The highest BCUT2D eigenvalue weighted by Crippen LogP contribution is 2.20. The van der Waals surface area contributed by atoms with E-state index in [1.54, 1.807) is 19.1 Å². The topological polar surface area (TPSA) is 77.0 Å². The summed E-state index contributed by atoms with van der Waals surface area (Å²) in [5.41, 5.74) is 0.628. The van der Waals surface area contributed by atoms with E-state index in [0.717, 1.165) is 25.6 Å². The number of hydrogen-bond acceptors (Lipinski definition) is 4. The van der Waals surface area contributed by atoms with Crippen molar-refractivity contribution in [2.75, 3.05) is 56.5 Å². The Kier molecular flexibility index (Phi) is 7.65. The standard InChI is InChI=1S/C17H28FN5O2S/c1-3-19-17(20-9-10-21-26(24,25)4-2)23-13-11-22(12-14-23)16-8-6-5-7-15(16)18/h5-8,21H,3-4,9-14H2,1-2H3,(H,19,20). The molecule has 26 heavy (non-hydrogen) atoms. The summed E-state index contributed by atoms with van der Waals surface area (Å²) in [5, 5.41) is 3.24. The lowest BCUT2D eigenvalue weighted by atomic mass is 10.2. The molecular formula is C17H28FN5O2S. The second kappa shape index (κ2) is 9.72. The summed E-state index contributed by atoms with van der Waals surface area (Å²) < 4.78 is 39.3. The monoisotopic (exact) mass is 385 g/mol. The summed E-state index contributed by atoms with van der Waals surface area (Å²) in [5.74, 6) is 0.621. The number of nitrogens with zero attached hydrogens (tertiary/aromatic N) is 3. The fourth-order valence-electron chi connectivity index (χ4n) is 2.76. The highest BCUT2D eigenvalue weighted by atomic mass is 32.2. The fourth-order valence-corrected chi connectivity index (χ4v) is 3.36. The van der Waals surface area contributed by atoms with Gasteiger partial charge in [0.05, 0.1) is 18.0 Å². The van der Waals surface area contributed by atoms with Crippen molar-refractivity contribution < 1.29 is 12.8 Å². The zero-order valence-corrected chi connectivity index (χ0v) is 16.2. The van der Waals surface area contributed by atoms with Crippen LogP contribution >= 0.6 is 0 Å². The summed E-state index contributed by atoms with van der Waals surface area (Å²) in [4.78, 5) is 8.65. The van der Waals surface area contributed by atoms with E-state index in [4.69, 9.17) is 0 Å². The van der Waals surface area contributed by atoms with E-state index < -0.39 is 10.0 Å². The maximum Gasteiger partial charge on any atom is 0.211 e. The Morgan fingerprint density at radius 1 is 1.19 bits per heavy atom. The quantitative estimate of drug-likeness (QED) is 0.413. The molecule has 1 fully saturated rings. The van der Waals surface area contributed by atoms with Crippen LogP contribution in [0, 0.1) is 5.82 Å². The molecule has 1 aromatic carbocycles. The molecule has 2 rings (SSSR count). The first-order chi connectivity index (χ1) is 12.5. The summed E-state index contributed by atoms with van der Waals surface area (Å²) in [7, 11) is -3.19. The summed E-state index contributed by atoms with van der Waals surface area (Å²) >= 11 is 0. The first-order valence-electron chi connectivity index (χ1n) is 8.97. The van der Waals surface area contributed by atoms with Gasteiger partial charge in [0, 0.05) is 39.3 Å². The molecule has 1 heterocycles. The van der Waals surface area contributed by atoms with Crippen LogP contribution in [0.4, 0.5) is 10.1 Å². The van der Waals surface area contributed by atoms with Crippen LogP contribution in [0.3, 0.4) is 0 Å². The highest BCUT2D eigenvalue weighted by Gasteiger charge is 2.21. The van der Waals surface area contributed by atoms with Crippen LogP contribution < -0.4 is 14.9 Å². The Labute approximate surface area is 155 Å². The van der Waals surface area contributed by atoms with Gasteiger partial charge in [0.15, 0.2) is 5.96 Å². The lowest BCUT2D eigenvalue weighted by molar-refractivity contribution is 0.371. The number of halogens is 1. The molecular weight excluding hydrogens is 357 g/mol. The molecule has 1 aliphatic heterocycles. The van der Waals surface area contributed by atoms with Crippen LogP contribution in [0.1, 0.15) is 13.8 Å². The number of guanidine groups is 1. The van der Waals surface area contributed by atoms with Crippen molar-refractivity contribution in [2.24, 2.45) is 4.99 Å². The average molecular weight is 386 g/mol. The molecule has 0 amide bonds. The van der Waals surface area contributed by atoms with Gasteiger partial charge in [-0.25, -0.2) is 17.5 Å². The second-order valence-corrected chi connectivity index (χ2v) is 8.05. The summed E-state index contributed by atoms with van der Waals surface area (Å²) in [6.07, 6.45) is 0. The molecule has 0 aromatic heterocycles. The zero-order valence-electron chi connectivity index (χ0n) is 15.4. The molecule has 1 aromatic rings. The highest BCUT2D eigenvalue weighted by molar-refractivity contribution is 7.89. The van der Waals surface area contributed by atoms with Gasteiger partial charge in [0.25, 0.3) is 0 Å². The van der Waals surface area contributed by atoms with Crippen molar-refractivity contribution in [3.8, 4) is 0 Å². The smallest absolute Gasteiger partial charge is 0.211 e. The Balaban J connectivity index is 1.91. The maximum absolute atomic E-state index is 13.9. The van der Waals surface area contributed by atoms with Crippen LogP contribution in [-0.4, -0.2) is 70.8 Å². The molecule has 0 atom stereocenters.